The summed E-state index contributed by atoms with van der Waals surface area (Å²) in [6, 6.07) is 9.11. The van der Waals surface area contributed by atoms with Crippen LogP contribution in [0.25, 0.3) is 11.3 Å². The van der Waals surface area contributed by atoms with Gasteiger partial charge in [-0.25, -0.2) is 0 Å². The van der Waals surface area contributed by atoms with Gasteiger partial charge in [-0.2, -0.15) is 0 Å². The van der Waals surface area contributed by atoms with E-state index in [0.29, 0.717) is 12.2 Å². The highest BCUT2D eigenvalue weighted by Gasteiger charge is 2.14. The van der Waals surface area contributed by atoms with Crippen LogP contribution in [0.3, 0.4) is 0 Å². The number of carbonyl (C=O) groups excluding carboxylic acids is 1. The van der Waals surface area contributed by atoms with Crippen molar-refractivity contribution < 1.29 is 18.8 Å². The summed E-state index contributed by atoms with van der Waals surface area (Å²) < 4.78 is 15.7. The van der Waals surface area contributed by atoms with Crippen molar-refractivity contribution in [2.75, 3.05) is 46.5 Å². The molecule has 1 saturated heterocycles. The topological polar surface area (TPSA) is 76.8 Å². The molecule has 0 bridgehead atoms. The minimum absolute atomic E-state index is 0.212. The van der Waals surface area contributed by atoms with E-state index in [0.717, 1.165) is 50.6 Å². The molecule has 134 valence electrons. The van der Waals surface area contributed by atoms with E-state index in [2.05, 4.69) is 15.4 Å². The molecule has 0 unspecified atom stereocenters. The number of hydrogen-bond acceptors (Lipinski definition) is 6. The highest BCUT2D eigenvalue weighted by Crippen LogP contribution is 2.23. The van der Waals surface area contributed by atoms with Gasteiger partial charge in [0, 0.05) is 31.3 Å². The molecule has 0 spiro atoms. The molecule has 3 rings (SSSR count). The quantitative estimate of drug-likeness (QED) is 0.771. The third kappa shape index (κ3) is 4.80. The van der Waals surface area contributed by atoms with E-state index in [-0.39, 0.29) is 11.7 Å². The van der Waals surface area contributed by atoms with Gasteiger partial charge >= 0.3 is 0 Å². The van der Waals surface area contributed by atoms with E-state index in [9.17, 15) is 4.79 Å². The van der Waals surface area contributed by atoms with Gasteiger partial charge in [0.2, 0.25) is 5.76 Å². The van der Waals surface area contributed by atoms with Gasteiger partial charge in [0.25, 0.3) is 5.91 Å². The fourth-order valence-electron chi connectivity index (χ4n) is 2.72. The summed E-state index contributed by atoms with van der Waals surface area (Å²) in [6.07, 6.45) is 0.891. The van der Waals surface area contributed by atoms with Crippen LogP contribution in [0.5, 0.6) is 5.75 Å². The molecular formula is C18H23N3O4. The van der Waals surface area contributed by atoms with Crippen LogP contribution in [0.2, 0.25) is 0 Å². The lowest BCUT2D eigenvalue weighted by Crippen LogP contribution is -2.38. The summed E-state index contributed by atoms with van der Waals surface area (Å²) in [5.74, 6) is 0.697. The number of morpholine rings is 1. The van der Waals surface area contributed by atoms with Crippen LogP contribution in [0.15, 0.2) is 34.9 Å². The SMILES string of the molecule is COc1cccc(-c2cc(C(=O)NCCCN3CCOCC3)on2)c1. The van der Waals surface area contributed by atoms with Gasteiger partial charge in [0.15, 0.2) is 0 Å². The van der Waals surface area contributed by atoms with E-state index in [4.69, 9.17) is 14.0 Å². The van der Waals surface area contributed by atoms with Crippen LogP contribution in [0.1, 0.15) is 17.0 Å². The second-order valence-electron chi connectivity index (χ2n) is 5.87. The molecule has 1 aliphatic rings. The summed E-state index contributed by atoms with van der Waals surface area (Å²) in [4.78, 5) is 14.5. The van der Waals surface area contributed by atoms with Crippen molar-refractivity contribution in [1.29, 1.82) is 0 Å². The molecule has 0 atom stereocenters. The molecule has 2 heterocycles. The molecule has 1 aromatic carbocycles. The molecule has 0 radical (unpaired) electrons. The predicted molar refractivity (Wildman–Crippen MR) is 92.7 cm³/mol. The van der Waals surface area contributed by atoms with Crippen molar-refractivity contribution >= 4 is 5.91 Å². The molecule has 1 N–H and O–H groups in total. The molecule has 1 fully saturated rings. The lowest BCUT2D eigenvalue weighted by molar-refractivity contribution is 0.0374. The average Bonchev–Trinajstić information content (AvgIpc) is 3.16. The molecule has 1 aliphatic heterocycles. The Balaban J connectivity index is 1.48. The first kappa shape index (κ1) is 17.4. The predicted octanol–water partition coefficient (Wildman–Crippen LogP) is 1.80. The van der Waals surface area contributed by atoms with E-state index in [1.165, 1.54) is 0 Å². The van der Waals surface area contributed by atoms with Crippen molar-refractivity contribution in [2.45, 2.75) is 6.42 Å². The Kier molecular flexibility index (Phi) is 6.03. The number of nitrogens with zero attached hydrogens (tertiary/aromatic N) is 2. The number of amides is 1. The Morgan fingerprint density at radius 1 is 1.32 bits per heavy atom. The van der Waals surface area contributed by atoms with Gasteiger partial charge in [0.05, 0.1) is 20.3 Å². The smallest absolute Gasteiger partial charge is 0.289 e. The number of benzene rings is 1. The van der Waals surface area contributed by atoms with Crippen molar-refractivity contribution in [3.63, 3.8) is 0 Å². The Morgan fingerprint density at radius 2 is 2.16 bits per heavy atom. The molecule has 7 heteroatoms. The summed E-state index contributed by atoms with van der Waals surface area (Å²) >= 11 is 0. The van der Waals surface area contributed by atoms with Crippen LogP contribution in [0, 0.1) is 0 Å². The number of hydrogen-bond donors (Lipinski definition) is 1. The fraction of sp³-hybridized carbons (Fsp3) is 0.444. The zero-order valence-corrected chi connectivity index (χ0v) is 14.4. The number of nitrogens with one attached hydrogen (secondary N) is 1. The normalized spacial score (nSPS) is 15.1. The summed E-state index contributed by atoms with van der Waals surface area (Å²) in [7, 11) is 1.61. The summed E-state index contributed by atoms with van der Waals surface area (Å²) in [5, 5.41) is 6.84. The van der Waals surface area contributed by atoms with Crippen LogP contribution in [0.4, 0.5) is 0 Å². The molecular weight excluding hydrogens is 322 g/mol. The molecule has 1 amide bonds. The van der Waals surface area contributed by atoms with E-state index in [1.807, 2.05) is 24.3 Å². The van der Waals surface area contributed by atoms with Crippen LogP contribution < -0.4 is 10.1 Å². The first-order valence-corrected chi connectivity index (χ1v) is 8.46. The first-order chi connectivity index (χ1) is 12.3. The lowest BCUT2D eigenvalue weighted by Gasteiger charge is -2.26. The van der Waals surface area contributed by atoms with Crippen molar-refractivity contribution in [1.82, 2.24) is 15.4 Å². The molecule has 7 nitrogen and oxygen atoms in total. The van der Waals surface area contributed by atoms with Crippen LogP contribution in [-0.2, 0) is 4.74 Å². The van der Waals surface area contributed by atoms with Crippen LogP contribution in [-0.4, -0.2) is 62.5 Å². The monoisotopic (exact) mass is 345 g/mol. The summed E-state index contributed by atoms with van der Waals surface area (Å²) in [6.45, 7) is 5.05. The van der Waals surface area contributed by atoms with Gasteiger partial charge in [0.1, 0.15) is 11.4 Å². The van der Waals surface area contributed by atoms with Gasteiger partial charge in [-0.05, 0) is 25.1 Å². The second-order valence-corrected chi connectivity index (χ2v) is 5.87. The standard InChI is InChI=1S/C18H23N3O4/c1-23-15-5-2-4-14(12-15)16-13-17(25-20-16)18(22)19-6-3-7-21-8-10-24-11-9-21/h2,4-5,12-13H,3,6-11H2,1H3,(H,19,22). The largest absolute Gasteiger partial charge is 0.497 e. The van der Waals surface area contributed by atoms with Crippen molar-refractivity contribution in [3.8, 4) is 17.0 Å². The number of aromatic nitrogens is 1. The molecule has 0 saturated carbocycles. The zero-order valence-electron chi connectivity index (χ0n) is 14.4. The van der Waals surface area contributed by atoms with Crippen molar-refractivity contribution in [3.05, 3.63) is 36.1 Å². The minimum Gasteiger partial charge on any atom is -0.497 e. The Morgan fingerprint density at radius 3 is 2.96 bits per heavy atom. The average molecular weight is 345 g/mol. The van der Waals surface area contributed by atoms with Crippen molar-refractivity contribution in [2.24, 2.45) is 0 Å². The maximum absolute atomic E-state index is 12.2. The third-order valence-electron chi connectivity index (χ3n) is 4.14. The first-order valence-electron chi connectivity index (χ1n) is 8.46. The van der Waals surface area contributed by atoms with E-state index >= 15 is 0 Å². The Hall–Kier alpha value is -2.38. The van der Waals surface area contributed by atoms with E-state index < -0.39 is 0 Å². The minimum atomic E-state index is -0.247. The van der Waals surface area contributed by atoms with Gasteiger partial charge < -0.3 is 19.3 Å². The number of ether oxygens (including phenoxy) is 2. The maximum Gasteiger partial charge on any atom is 0.289 e. The number of methoxy groups -OCH3 is 1. The molecule has 1 aromatic heterocycles. The fourth-order valence-corrected chi connectivity index (χ4v) is 2.72. The lowest BCUT2D eigenvalue weighted by atomic mass is 10.1. The van der Waals surface area contributed by atoms with E-state index in [1.54, 1.807) is 13.2 Å². The maximum atomic E-state index is 12.2. The second kappa shape index (κ2) is 8.64. The summed E-state index contributed by atoms with van der Waals surface area (Å²) in [5.41, 5.74) is 1.45. The van der Waals surface area contributed by atoms with Gasteiger partial charge in [-0.15, -0.1) is 0 Å². The number of carbonyl (C=O) groups is 1. The highest BCUT2D eigenvalue weighted by molar-refractivity contribution is 5.92. The third-order valence-corrected chi connectivity index (χ3v) is 4.14. The van der Waals surface area contributed by atoms with Gasteiger partial charge in [-0.3, -0.25) is 9.69 Å². The van der Waals surface area contributed by atoms with Gasteiger partial charge in [-0.1, -0.05) is 17.3 Å². The molecule has 0 aliphatic carbocycles. The number of rotatable bonds is 7. The Bertz CT molecular complexity index is 695. The highest BCUT2D eigenvalue weighted by atomic mass is 16.5. The van der Waals surface area contributed by atoms with Crippen LogP contribution >= 0.6 is 0 Å². The Labute approximate surface area is 146 Å². The molecule has 2 aromatic rings. The zero-order chi connectivity index (χ0) is 17.5. The molecule has 25 heavy (non-hydrogen) atoms.